The van der Waals surface area contributed by atoms with Crippen molar-refractivity contribution in [3.63, 3.8) is 0 Å². The van der Waals surface area contributed by atoms with Crippen LogP contribution in [0.15, 0.2) is 0 Å². The van der Waals surface area contributed by atoms with Crippen molar-refractivity contribution in [2.45, 2.75) is 77.6 Å². The van der Waals surface area contributed by atoms with Crippen LogP contribution in [0.2, 0.25) is 0 Å². The van der Waals surface area contributed by atoms with Gasteiger partial charge in [0.25, 0.3) is 0 Å². The van der Waals surface area contributed by atoms with Gasteiger partial charge in [-0.2, -0.15) is 4.20 Å². The Hall–Kier alpha value is -1.05. The van der Waals surface area contributed by atoms with Gasteiger partial charge in [-0.25, -0.2) is 4.79 Å². The molecule has 26 heavy (non-hydrogen) atoms. The Balaban J connectivity index is 3.28. The lowest BCUT2D eigenvalue weighted by Crippen LogP contribution is -2.25. The molecule has 0 aliphatic rings. The molecule has 0 saturated carbocycles. The molecular weight excluding hydrogens is 356 g/mol. The van der Waals surface area contributed by atoms with E-state index in [0.717, 1.165) is 64.2 Å². The van der Waals surface area contributed by atoms with E-state index in [1.807, 2.05) is 0 Å². The van der Waals surface area contributed by atoms with Gasteiger partial charge in [0.05, 0.1) is 19.4 Å². The van der Waals surface area contributed by atoms with Gasteiger partial charge in [0.2, 0.25) is 0 Å². The van der Waals surface area contributed by atoms with Crippen LogP contribution in [0.25, 0.3) is 0 Å². The lowest BCUT2D eigenvalue weighted by atomic mass is 10.1. The summed E-state index contributed by atoms with van der Waals surface area (Å²) in [6.45, 7) is 2.85. The zero-order valence-corrected chi connectivity index (χ0v) is 17.0. The molecule has 0 rings (SSSR count). The molecule has 1 N–H and O–H groups in total. The number of terminal acetylenes is 1. The highest BCUT2D eigenvalue weighted by Crippen LogP contribution is 2.49. The Morgan fingerprint density at radius 1 is 1.04 bits per heavy atom. The standard InChI is InChI=1S/C19H35FNO4P/c1-3-5-6-13-16-21-19(22)24-17-14-11-9-7-8-10-12-15-18-26(20,23)25-4-2/h1H,4-18H2,2H3,(H,21,22). The first-order valence-corrected chi connectivity index (χ1v) is 11.5. The molecule has 1 atom stereocenters. The van der Waals surface area contributed by atoms with Crippen LogP contribution in [0.5, 0.6) is 0 Å². The molecule has 0 aliphatic carbocycles. The fourth-order valence-electron chi connectivity index (χ4n) is 2.48. The van der Waals surface area contributed by atoms with Crippen molar-refractivity contribution >= 4 is 13.8 Å². The number of ether oxygens (including phenoxy) is 1. The minimum atomic E-state index is -3.84. The second-order valence-corrected chi connectivity index (χ2v) is 8.17. The third-order valence-electron chi connectivity index (χ3n) is 3.89. The van der Waals surface area contributed by atoms with Gasteiger partial charge in [0.1, 0.15) is 0 Å². The molecule has 0 spiro atoms. The van der Waals surface area contributed by atoms with Crippen molar-refractivity contribution in [2.24, 2.45) is 0 Å². The summed E-state index contributed by atoms with van der Waals surface area (Å²) in [6.07, 6.45) is 15.0. The quantitative estimate of drug-likeness (QED) is 0.192. The summed E-state index contributed by atoms with van der Waals surface area (Å²) >= 11 is 0. The topological polar surface area (TPSA) is 64.6 Å². The zero-order chi connectivity index (χ0) is 19.5. The number of rotatable bonds is 17. The number of alkyl carbamates (subject to hydrolysis) is 1. The van der Waals surface area contributed by atoms with Crippen LogP contribution < -0.4 is 5.32 Å². The average molecular weight is 391 g/mol. The zero-order valence-electron chi connectivity index (χ0n) is 16.1. The second-order valence-electron chi connectivity index (χ2n) is 6.28. The van der Waals surface area contributed by atoms with Crippen molar-refractivity contribution in [3.8, 4) is 12.3 Å². The van der Waals surface area contributed by atoms with Gasteiger partial charge in [-0.15, -0.1) is 12.3 Å². The Labute approximate surface area is 158 Å². The van der Waals surface area contributed by atoms with E-state index in [9.17, 15) is 13.6 Å². The monoisotopic (exact) mass is 391 g/mol. The molecule has 0 aromatic rings. The van der Waals surface area contributed by atoms with Crippen molar-refractivity contribution in [1.29, 1.82) is 0 Å². The molecule has 0 radical (unpaired) electrons. The van der Waals surface area contributed by atoms with E-state index in [1.54, 1.807) is 6.92 Å². The van der Waals surface area contributed by atoms with E-state index in [-0.39, 0.29) is 18.9 Å². The highest BCUT2D eigenvalue weighted by molar-refractivity contribution is 7.53. The molecule has 1 unspecified atom stereocenters. The van der Waals surface area contributed by atoms with Gasteiger partial charge in [-0.05, 0) is 32.6 Å². The van der Waals surface area contributed by atoms with E-state index < -0.39 is 7.68 Å². The highest BCUT2D eigenvalue weighted by atomic mass is 31.2. The number of halogens is 1. The van der Waals surface area contributed by atoms with Gasteiger partial charge in [-0.3, -0.25) is 4.57 Å². The summed E-state index contributed by atoms with van der Waals surface area (Å²) in [5.41, 5.74) is 0. The summed E-state index contributed by atoms with van der Waals surface area (Å²) in [6, 6.07) is 0. The van der Waals surface area contributed by atoms with Crippen molar-refractivity contribution in [1.82, 2.24) is 5.32 Å². The smallest absolute Gasteiger partial charge is 0.407 e. The molecule has 5 nitrogen and oxygen atoms in total. The van der Waals surface area contributed by atoms with Crippen LogP contribution in [-0.4, -0.2) is 32.0 Å². The van der Waals surface area contributed by atoms with Crippen LogP contribution in [-0.2, 0) is 13.8 Å². The Kier molecular flexibility index (Phi) is 16.7. The third-order valence-corrected chi connectivity index (χ3v) is 5.39. The van der Waals surface area contributed by atoms with E-state index >= 15 is 0 Å². The first-order chi connectivity index (χ1) is 12.5. The van der Waals surface area contributed by atoms with Crippen LogP contribution in [0.1, 0.15) is 77.6 Å². The fourth-order valence-corrected chi connectivity index (χ4v) is 3.60. The number of hydrogen-bond acceptors (Lipinski definition) is 4. The van der Waals surface area contributed by atoms with Gasteiger partial charge in [0, 0.05) is 13.0 Å². The molecule has 0 bridgehead atoms. The number of carbonyl (C=O) groups is 1. The molecular formula is C19H35FNO4P. The van der Waals surface area contributed by atoms with Crippen molar-refractivity contribution < 1.29 is 22.8 Å². The second kappa shape index (κ2) is 17.4. The summed E-state index contributed by atoms with van der Waals surface area (Å²) in [7, 11) is -3.84. The minimum Gasteiger partial charge on any atom is -0.450 e. The fraction of sp³-hybridized carbons (Fsp3) is 0.842. The highest BCUT2D eigenvalue weighted by Gasteiger charge is 2.19. The predicted octanol–water partition coefficient (Wildman–Crippen LogP) is 5.84. The lowest BCUT2D eigenvalue weighted by molar-refractivity contribution is 0.143. The van der Waals surface area contributed by atoms with Crippen LogP contribution in [0.4, 0.5) is 8.99 Å². The van der Waals surface area contributed by atoms with E-state index in [4.69, 9.17) is 11.2 Å². The molecule has 0 aromatic heterocycles. The Morgan fingerprint density at radius 3 is 2.27 bits per heavy atom. The average Bonchev–Trinajstić information content (AvgIpc) is 2.59. The maximum Gasteiger partial charge on any atom is 0.407 e. The summed E-state index contributed by atoms with van der Waals surface area (Å²) in [4.78, 5) is 11.4. The van der Waals surface area contributed by atoms with Crippen molar-refractivity contribution in [2.75, 3.05) is 25.9 Å². The summed E-state index contributed by atoms with van der Waals surface area (Å²) < 4.78 is 34.3. The summed E-state index contributed by atoms with van der Waals surface area (Å²) in [5, 5.41) is 2.71. The first kappa shape index (κ1) is 24.9. The van der Waals surface area contributed by atoms with E-state index in [2.05, 4.69) is 15.8 Å². The minimum absolute atomic E-state index is 0.0319. The Bertz CT molecular complexity index is 440. The van der Waals surface area contributed by atoms with Crippen molar-refractivity contribution in [3.05, 3.63) is 0 Å². The molecule has 7 heteroatoms. The summed E-state index contributed by atoms with van der Waals surface area (Å²) in [5.74, 6) is 2.56. The molecule has 0 aromatic carbocycles. The number of unbranched alkanes of at least 4 members (excludes halogenated alkanes) is 9. The van der Waals surface area contributed by atoms with Crippen LogP contribution in [0, 0.1) is 12.3 Å². The molecule has 0 aliphatic heterocycles. The lowest BCUT2D eigenvalue weighted by Gasteiger charge is -2.08. The molecule has 0 fully saturated rings. The largest absolute Gasteiger partial charge is 0.450 e. The van der Waals surface area contributed by atoms with E-state index in [0.29, 0.717) is 19.6 Å². The SMILES string of the molecule is C#CCCCCNC(=O)OCCCCCCCCCCP(=O)(F)OCC. The number of carbonyl (C=O) groups excluding carboxylic acids is 1. The number of amides is 1. The molecule has 0 saturated heterocycles. The van der Waals surface area contributed by atoms with Gasteiger partial charge in [-0.1, -0.05) is 38.5 Å². The molecule has 152 valence electrons. The van der Waals surface area contributed by atoms with Gasteiger partial charge >= 0.3 is 13.8 Å². The van der Waals surface area contributed by atoms with Gasteiger partial charge < -0.3 is 14.6 Å². The Morgan fingerprint density at radius 2 is 1.65 bits per heavy atom. The maximum absolute atomic E-state index is 13.3. The third kappa shape index (κ3) is 17.8. The predicted molar refractivity (Wildman–Crippen MR) is 104 cm³/mol. The van der Waals surface area contributed by atoms with E-state index in [1.165, 1.54) is 0 Å². The molecule has 1 amide bonds. The maximum atomic E-state index is 13.3. The first-order valence-electron chi connectivity index (χ1n) is 9.79. The van der Waals surface area contributed by atoms with Crippen LogP contribution in [0.3, 0.4) is 0 Å². The normalized spacial score (nSPS) is 13.0. The molecule has 0 heterocycles. The van der Waals surface area contributed by atoms with Gasteiger partial charge in [0.15, 0.2) is 0 Å². The van der Waals surface area contributed by atoms with Crippen LogP contribution >= 0.6 is 7.68 Å². The number of hydrogen-bond donors (Lipinski definition) is 1. The number of nitrogens with one attached hydrogen (secondary N) is 1.